The molecule has 40 heavy (non-hydrogen) atoms. The Kier molecular flexibility index (Phi) is 11.6. The lowest BCUT2D eigenvalue weighted by Crippen LogP contribution is -2.70. The Morgan fingerprint density at radius 3 is 1.60 bits per heavy atom. The topological polar surface area (TPSA) is 266 Å². The predicted octanol–water partition coefficient (Wildman–Crippen LogP) is -6.22. The number of aliphatic hydroxyl groups is 8. The van der Waals surface area contributed by atoms with Gasteiger partial charge in [-0.1, -0.05) is 0 Å². The maximum atomic E-state index is 12.0. The number of hydrogen-bond acceptors (Lipinski definition) is 15. The number of hydrogen-bond donors (Lipinski definition) is 10. The van der Waals surface area contributed by atoms with Gasteiger partial charge in [-0.3, -0.25) is 9.59 Å². The number of carbonyl (C=O) groups is 2. The third-order valence-electron chi connectivity index (χ3n) is 7.17. The first-order chi connectivity index (χ1) is 18.8. The lowest BCUT2D eigenvalue weighted by molar-refractivity contribution is -0.357. The van der Waals surface area contributed by atoms with Crippen LogP contribution in [0.5, 0.6) is 0 Å². The van der Waals surface area contributed by atoms with Crippen molar-refractivity contribution >= 4 is 11.8 Å². The molecule has 0 radical (unpaired) electrons. The molecule has 15 unspecified atom stereocenters. The normalized spacial score (nSPS) is 46.0. The SMILES string of the molecule is CC(=O)NC1C(C)OC(CO)C(OC2OC(CO)C(OC3OC(CO)C(O)C(O)C3O)C(O)C2NC(C)=O)C1O. The lowest BCUT2D eigenvalue weighted by Gasteiger charge is -2.49. The molecule has 3 heterocycles. The second kappa shape index (κ2) is 14.1. The zero-order valence-corrected chi connectivity index (χ0v) is 22.2. The number of amides is 2. The largest absolute Gasteiger partial charge is 0.394 e. The number of carbonyl (C=O) groups excluding carboxylic acids is 2. The van der Waals surface area contributed by atoms with Gasteiger partial charge in [-0.25, -0.2) is 0 Å². The van der Waals surface area contributed by atoms with Crippen LogP contribution in [0.15, 0.2) is 0 Å². The molecular weight excluding hydrogens is 544 g/mol. The highest BCUT2D eigenvalue weighted by atomic mass is 16.7. The quantitative estimate of drug-likeness (QED) is 0.121. The monoisotopic (exact) mass is 584 g/mol. The minimum Gasteiger partial charge on any atom is -0.394 e. The number of rotatable bonds is 9. The second-order valence-corrected chi connectivity index (χ2v) is 10.1. The van der Waals surface area contributed by atoms with Gasteiger partial charge in [0.2, 0.25) is 11.8 Å². The minimum atomic E-state index is -1.83. The van der Waals surface area contributed by atoms with Crippen molar-refractivity contribution in [2.75, 3.05) is 19.8 Å². The molecule has 0 bridgehead atoms. The summed E-state index contributed by atoms with van der Waals surface area (Å²) in [4.78, 5) is 23.7. The summed E-state index contributed by atoms with van der Waals surface area (Å²) in [6.07, 6.45) is -19.1. The molecule has 3 aliphatic heterocycles. The molecule has 0 aromatic rings. The predicted molar refractivity (Wildman–Crippen MR) is 128 cm³/mol. The number of ether oxygens (including phenoxy) is 5. The standard InChI is InChI=1S/C23H40N2O15/c1-7-13(24-8(2)29)16(32)20(11(5-27)36-7)39-22-14(25-9(3)30)17(33)21(12(6-28)38-22)40-23-19(35)18(34)15(31)10(4-26)37-23/h7,10-23,26-28,31-35H,4-6H2,1-3H3,(H,24,29)(H,25,30). The summed E-state index contributed by atoms with van der Waals surface area (Å²) in [5.74, 6) is -1.10. The average Bonchev–Trinajstić information content (AvgIpc) is 2.90. The van der Waals surface area contributed by atoms with Crippen molar-refractivity contribution in [2.24, 2.45) is 0 Å². The summed E-state index contributed by atoms with van der Waals surface area (Å²) in [6.45, 7) is 1.82. The Morgan fingerprint density at radius 2 is 1.07 bits per heavy atom. The van der Waals surface area contributed by atoms with E-state index >= 15 is 0 Å². The van der Waals surface area contributed by atoms with Crippen molar-refractivity contribution in [1.82, 2.24) is 10.6 Å². The summed E-state index contributed by atoms with van der Waals surface area (Å²) in [7, 11) is 0. The van der Waals surface area contributed by atoms with Crippen LogP contribution in [0.1, 0.15) is 20.8 Å². The smallest absolute Gasteiger partial charge is 0.217 e. The van der Waals surface area contributed by atoms with Crippen LogP contribution >= 0.6 is 0 Å². The Morgan fingerprint density at radius 1 is 0.625 bits per heavy atom. The molecule has 0 aliphatic carbocycles. The van der Waals surface area contributed by atoms with Gasteiger partial charge in [0, 0.05) is 13.8 Å². The lowest BCUT2D eigenvalue weighted by atomic mass is 9.92. The molecule has 3 fully saturated rings. The number of nitrogens with one attached hydrogen (secondary N) is 2. The van der Waals surface area contributed by atoms with E-state index in [1.54, 1.807) is 6.92 Å². The molecule has 17 heteroatoms. The van der Waals surface area contributed by atoms with Gasteiger partial charge in [-0.15, -0.1) is 0 Å². The fourth-order valence-electron chi connectivity index (χ4n) is 5.12. The zero-order valence-electron chi connectivity index (χ0n) is 22.2. The van der Waals surface area contributed by atoms with Crippen molar-refractivity contribution in [3.63, 3.8) is 0 Å². The first-order valence-corrected chi connectivity index (χ1v) is 12.9. The van der Waals surface area contributed by atoms with Gasteiger partial charge >= 0.3 is 0 Å². The second-order valence-electron chi connectivity index (χ2n) is 10.1. The van der Waals surface area contributed by atoms with Gasteiger partial charge in [0.15, 0.2) is 12.6 Å². The maximum absolute atomic E-state index is 12.0. The molecule has 15 atom stereocenters. The molecule has 3 aliphatic rings. The van der Waals surface area contributed by atoms with E-state index in [1.165, 1.54) is 6.92 Å². The van der Waals surface area contributed by atoms with Gasteiger partial charge in [0.25, 0.3) is 0 Å². The molecular formula is C23H40N2O15. The Labute approximate surface area is 229 Å². The van der Waals surface area contributed by atoms with E-state index in [2.05, 4.69) is 10.6 Å². The fraction of sp³-hybridized carbons (Fsp3) is 0.913. The van der Waals surface area contributed by atoms with Crippen LogP contribution in [0.4, 0.5) is 0 Å². The van der Waals surface area contributed by atoms with E-state index in [9.17, 15) is 50.4 Å². The van der Waals surface area contributed by atoms with Crippen LogP contribution < -0.4 is 10.6 Å². The van der Waals surface area contributed by atoms with Crippen molar-refractivity contribution < 1.29 is 74.1 Å². The Hall–Kier alpha value is -1.58. The first-order valence-electron chi connectivity index (χ1n) is 12.9. The molecule has 0 saturated carbocycles. The molecule has 17 nitrogen and oxygen atoms in total. The Balaban J connectivity index is 1.85. The van der Waals surface area contributed by atoms with E-state index < -0.39 is 123 Å². The van der Waals surface area contributed by atoms with Crippen LogP contribution in [0.3, 0.4) is 0 Å². The van der Waals surface area contributed by atoms with Crippen LogP contribution in [0, 0.1) is 0 Å². The summed E-state index contributed by atoms with van der Waals surface area (Å²) >= 11 is 0. The molecule has 10 N–H and O–H groups in total. The molecule has 0 aromatic carbocycles. The summed E-state index contributed by atoms with van der Waals surface area (Å²) < 4.78 is 28.4. The highest BCUT2D eigenvalue weighted by Crippen LogP contribution is 2.32. The zero-order chi connectivity index (χ0) is 29.9. The van der Waals surface area contributed by atoms with Gasteiger partial charge in [0.05, 0.1) is 32.0 Å². The van der Waals surface area contributed by atoms with E-state index in [1.807, 2.05) is 0 Å². The van der Waals surface area contributed by atoms with Gasteiger partial charge < -0.3 is 75.2 Å². The van der Waals surface area contributed by atoms with E-state index in [0.717, 1.165) is 6.92 Å². The van der Waals surface area contributed by atoms with Crippen molar-refractivity contribution in [3.05, 3.63) is 0 Å². The molecule has 2 amide bonds. The first kappa shape index (κ1) is 32.9. The van der Waals surface area contributed by atoms with E-state index in [0.29, 0.717) is 0 Å². The molecule has 3 saturated heterocycles. The highest BCUT2D eigenvalue weighted by Gasteiger charge is 2.53. The van der Waals surface area contributed by atoms with Crippen LogP contribution in [-0.4, -0.2) is 164 Å². The molecule has 0 aromatic heterocycles. The van der Waals surface area contributed by atoms with E-state index in [4.69, 9.17) is 23.7 Å². The summed E-state index contributed by atoms with van der Waals surface area (Å²) in [5, 5.41) is 87.0. The van der Waals surface area contributed by atoms with Gasteiger partial charge in [-0.05, 0) is 6.92 Å². The van der Waals surface area contributed by atoms with Gasteiger partial charge in [0.1, 0.15) is 67.1 Å². The van der Waals surface area contributed by atoms with Gasteiger partial charge in [-0.2, -0.15) is 0 Å². The third-order valence-corrected chi connectivity index (χ3v) is 7.17. The number of aliphatic hydroxyl groups excluding tert-OH is 8. The fourth-order valence-corrected chi connectivity index (χ4v) is 5.12. The van der Waals surface area contributed by atoms with Crippen LogP contribution in [0.2, 0.25) is 0 Å². The minimum absolute atomic E-state index is 0.463. The molecule has 0 spiro atoms. The molecule has 3 rings (SSSR count). The van der Waals surface area contributed by atoms with Crippen LogP contribution in [-0.2, 0) is 33.3 Å². The van der Waals surface area contributed by atoms with Crippen molar-refractivity contribution in [3.8, 4) is 0 Å². The summed E-state index contributed by atoms with van der Waals surface area (Å²) in [5.41, 5.74) is 0. The van der Waals surface area contributed by atoms with Crippen LogP contribution in [0.25, 0.3) is 0 Å². The van der Waals surface area contributed by atoms with Crippen molar-refractivity contribution in [2.45, 2.75) is 113 Å². The average molecular weight is 585 g/mol. The van der Waals surface area contributed by atoms with Crippen molar-refractivity contribution in [1.29, 1.82) is 0 Å². The van der Waals surface area contributed by atoms with E-state index in [-0.39, 0.29) is 0 Å². The highest BCUT2D eigenvalue weighted by molar-refractivity contribution is 5.73. The third kappa shape index (κ3) is 7.06. The summed E-state index contributed by atoms with van der Waals surface area (Å²) in [6, 6.07) is -2.37. The maximum Gasteiger partial charge on any atom is 0.217 e. The Bertz CT molecular complexity index is 851. The molecule has 232 valence electrons.